The molecule has 1 aliphatic heterocycles. The van der Waals surface area contributed by atoms with Crippen molar-refractivity contribution < 1.29 is 14.3 Å². The predicted molar refractivity (Wildman–Crippen MR) is 96.2 cm³/mol. The average molecular weight is 348 g/mol. The molecule has 6 nitrogen and oxygen atoms in total. The summed E-state index contributed by atoms with van der Waals surface area (Å²) in [6.45, 7) is 0.409. The number of aromatic amines is 1. The second-order valence-electron chi connectivity index (χ2n) is 5.81. The number of fused-ring (bicyclic) bond motifs is 1. The van der Waals surface area contributed by atoms with Crippen LogP contribution >= 0.6 is 0 Å². The number of nitrogens with one attached hydrogen (secondary N) is 2. The molecule has 0 spiro atoms. The molecule has 0 radical (unpaired) electrons. The number of carbonyl (C=O) groups is 1. The highest BCUT2D eigenvalue weighted by Crippen LogP contribution is 2.35. The first-order chi connectivity index (χ1) is 12.7. The van der Waals surface area contributed by atoms with E-state index >= 15 is 0 Å². The highest BCUT2D eigenvalue weighted by atomic mass is 16.7. The molecule has 2 N–H and O–H groups in total. The van der Waals surface area contributed by atoms with Crippen LogP contribution in [-0.2, 0) is 6.54 Å². The number of benzene rings is 2. The third kappa shape index (κ3) is 3.04. The first-order valence-electron chi connectivity index (χ1n) is 8.17. The molecule has 0 atom stereocenters. The smallest absolute Gasteiger partial charge is 0.261 e. The number of carbonyl (C=O) groups excluding carboxylic acids is 1. The van der Waals surface area contributed by atoms with Crippen molar-refractivity contribution in [3.8, 4) is 22.8 Å². The molecule has 6 heteroatoms. The Labute approximate surface area is 149 Å². The van der Waals surface area contributed by atoms with Crippen LogP contribution in [0.15, 0.2) is 65.5 Å². The van der Waals surface area contributed by atoms with Gasteiger partial charge in [-0.2, -0.15) is 0 Å². The molecule has 0 saturated carbocycles. The molecule has 1 aliphatic rings. The second-order valence-corrected chi connectivity index (χ2v) is 5.81. The molecule has 130 valence electrons. The summed E-state index contributed by atoms with van der Waals surface area (Å²) in [5.41, 5.74) is 1.98. The molecule has 2 aromatic carbocycles. The number of ether oxygens (including phenoxy) is 2. The molecule has 0 unspecified atom stereocenters. The first kappa shape index (κ1) is 16.0. The van der Waals surface area contributed by atoms with Gasteiger partial charge in [0, 0.05) is 17.8 Å². The van der Waals surface area contributed by atoms with Crippen molar-refractivity contribution in [3.05, 3.63) is 82.1 Å². The summed E-state index contributed by atoms with van der Waals surface area (Å²) in [7, 11) is 0. The van der Waals surface area contributed by atoms with Gasteiger partial charge in [0.2, 0.25) is 6.79 Å². The summed E-state index contributed by atoms with van der Waals surface area (Å²) in [5, 5.41) is 2.75. The lowest BCUT2D eigenvalue weighted by Gasteiger charge is -2.08. The number of pyridine rings is 1. The standard InChI is InChI=1S/C20H16N2O4/c23-19(21-11-14-7-4-8-17-18(14)26-12-25-17)15-9-10-16(22-20(15)24)13-5-2-1-3-6-13/h1-10H,11-12H2,(H,21,23)(H,22,24). The Kier molecular flexibility index (Phi) is 4.15. The summed E-state index contributed by atoms with van der Waals surface area (Å²) in [4.78, 5) is 27.4. The van der Waals surface area contributed by atoms with E-state index < -0.39 is 11.5 Å². The maximum atomic E-state index is 12.4. The molecule has 0 aliphatic carbocycles. The molecular formula is C20H16N2O4. The zero-order valence-corrected chi connectivity index (χ0v) is 13.8. The molecule has 0 fully saturated rings. The van der Waals surface area contributed by atoms with Gasteiger partial charge in [0.05, 0.1) is 0 Å². The quantitative estimate of drug-likeness (QED) is 0.760. The summed E-state index contributed by atoms with van der Waals surface area (Å²) in [6.07, 6.45) is 0. The third-order valence-corrected chi connectivity index (χ3v) is 4.16. The average Bonchev–Trinajstić information content (AvgIpc) is 3.16. The van der Waals surface area contributed by atoms with Gasteiger partial charge in [0.15, 0.2) is 11.5 Å². The maximum absolute atomic E-state index is 12.4. The van der Waals surface area contributed by atoms with Crippen molar-refractivity contribution in [2.75, 3.05) is 6.79 Å². The van der Waals surface area contributed by atoms with Crippen LogP contribution < -0.4 is 20.3 Å². The van der Waals surface area contributed by atoms with E-state index in [0.29, 0.717) is 17.2 Å². The van der Waals surface area contributed by atoms with E-state index in [4.69, 9.17) is 9.47 Å². The van der Waals surface area contributed by atoms with Crippen LogP contribution in [0.3, 0.4) is 0 Å². The lowest BCUT2D eigenvalue weighted by atomic mass is 10.1. The zero-order valence-electron chi connectivity index (χ0n) is 13.8. The molecule has 0 saturated heterocycles. The number of hydrogen-bond acceptors (Lipinski definition) is 4. The number of para-hydroxylation sites is 1. The van der Waals surface area contributed by atoms with E-state index in [1.54, 1.807) is 12.1 Å². The van der Waals surface area contributed by atoms with Crippen molar-refractivity contribution in [1.29, 1.82) is 0 Å². The minimum Gasteiger partial charge on any atom is -0.454 e. The Hall–Kier alpha value is -3.54. The monoisotopic (exact) mass is 348 g/mol. The Balaban J connectivity index is 1.51. The fourth-order valence-corrected chi connectivity index (χ4v) is 2.84. The molecule has 1 amide bonds. The topological polar surface area (TPSA) is 80.4 Å². The van der Waals surface area contributed by atoms with Gasteiger partial charge in [-0.3, -0.25) is 9.59 Å². The molecule has 0 bridgehead atoms. The van der Waals surface area contributed by atoms with Gasteiger partial charge in [-0.25, -0.2) is 0 Å². The SMILES string of the molecule is O=C(NCc1cccc2c1OCO2)c1ccc(-c2ccccc2)[nH]c1=O. The second kappa shape index (κ2) is 6.76. The van der Waals surface area contributed by atoms with Crippen molar-refractivity contribution in [1.82, 2.24) is 10.3 Å². The number of amides is 1. The summed E-state index contributed by atoms with van der Waals surface area (Å²) in [5.74, 6) is 0.838. The number of H-pyrrole nitrogens is 1. The molecule has 2 heterocycles. The largest absolute Gasteiger partial charge is 0.454 e. The molecule has 1 aromatic heterocycles. The van der Waals surface area contributed by atoms with Crippen LogP contribution in [0.25, 0.3) is 11.3 Å². The predicted octanol–water partition coefficient (Wildman–Crippen LogP) is 2.70. The number of hydrogen-bond donors (Lipinski definition) is 2. The first-order valence-corrected chi connectivity index (χ1v) is 8.17. The molecule has 3 aromatic rings. The Morgan fingerprint density at radius 2 is 1.85 bits per heavy atom. The van der Waals surface area contributed by atoms with Gasteiger partial charge in [-0.1, -0.05) is 42.5 Å². The van der Waals surface area contributed by atoms with E-state index in [1.165, 1.54) is 6.07 Å². The van der Waals surface area contributed by atoms with Crippen molar-refractivity contribution in [2.45, 2.75) is 6.54 Å². The summed E-state index contributed by atoms with van der Waals surface area (Å²) < 4.78 is 10.7. The van der Waals surface area contributed by atoms with Crippen LogP contribution in [0, 0.1) is 0 Å². The molecular weight excluding hydrogens is 332 g/mol. The van der Waals surface area contributed by atoms with Crippen molar-refractivity contribution >= 4 is 5.91 Å². The fraction of sp³-hybridized carbons (Fsp3) is 0.100. The number of aromatic nitrogens is 1. The van der Waals surface area contributed by atoms with Gasteiger partial charge in [0.1, 0.15) is 5.56 Å². The lowest BCUT2D eigenvalue weighted by molar-refractivity contribution is 0.0949. The molecule has 26 heavy (non-hydrogen) atoms. The van der Waals surface area contributed by atoms with E-state index in [2.05, 4.69) is 10.3 Å². The van der Waals surface area contributed by atoms with Gasteiger partial charge < -0.3 is 19.8 Å². The minimum atomic E-state index is -0.442. The summed E-state index contributed by atoms with van der Waals surface area (Å²) >= 11 is 0. The summed E-state index contributed by atoms with van der Waals surface area (Å²) in [6, 6.07) is 18.2. The lowest BCUT2D eigenvalue weighted by Crippen LogP contribution is -2.29. The van der Waals surface area contributed by atoms with E-state index in [0.717, 1.165) is 11.1 Å². The van der Waals surface area contributed by atoms with Crippen LogP contribution in [0.2, 0.25) is 0 Å². The number of rotatable bonds is 4. The van der Waals surface area contributed by atoms with E-state index in [-0.39, 0.29) is 18.9 Å². The Morgan fingerprint density at radius 3 is 2.65 bits per heavy atom. The fourth-order valence-electron chi connectivity index (χ4n) is 2.84. The highest BCUT2D eigenvalue weighted by molar-refractivity contribution is 5.94. The normalized spacial score (nSPS) is 12.0. The Morgan fingerprint density at radius 1 is 1.00 bits per heavy atom. The molecule has 4 rings (SSSR count). The zero-order chi connectivity index (χ0) is 17.9. The minimum absolute atomic E-state index is 0.0643. The Bertz CT molecular complexity index is 1010. The van der Waals surface area contributed by atoms with Crippen LogP contribution in [0.5, 0.6) is 11.5 Å². The van der Waals surface area contributed by atoms with Crippen molar-refractivity contribution in [3.63, 3.8) is 0 Å². The van der Waals surface area contributed by atoms with Crippen LogP contribution in [0.4, 0.5) is 0 Å². The van der Waals surface area contributed by atoms with Gasteiger partial charge in [-0.15, -0.1) is 0 Å². The van der Waals surface area contributed by atoms with Gasteiger partial charge >= 0.3 is 0 Å². The van der Waals surface area contributed by atoms with E-state index in [9.17, 15) is 9.59 Å². The maximum Gasteiger partial charge on any atom is 0.261 e. The van der Waals surface area contributed by atoms with Crippen molar-refractivity contribution in [2.24, 2.45) is 0 Å². The van der Waals surface area contributed by atoms with E-state index in [1.807, 2.05) is 42.5 Å². The highest BCUT2D eigenvalue weighted by Gasteiger charge is 2.18. The third-order valence-electron chi connectivity index (χ3n) is 4.16. The van der Waals surface area contributed by atoms with Gasteiger partial charge in [0.25, 0.3) is 11.5 Å². The van der Waals surface area contributed by atoms with Crippen LogP contribution in [-0.4, -0.2) is 17.7 Å². The van der Waals surface area contributed by atoms with Gasteiger partial charge in [-0.05, 0) is 23.8 Å². The van der Waals surface area contributed by atoms with Crippen LogP contribution in [0.1, 0.15) is 15.9 Å².